The zero-order valence-corrected chi connectivity index (χ0v) is 9.76. The molecule has 0 radical (unpaired) electrons. The number of aliphatic carboxylic acids is 1. The maximum absolute atomic E-state index is 10.5. The van der Waals surface area contributed by atoms with Crippen LogP contribution in [0.1, 0.15) is 4.88 Å². The monoisotopic (exact) mass is 253 g/mol. The van der Waals surface area contributed by atoms with Crippen molar-refractivity contribution in [1.82, 2.24) is 4.98 Å². The molecule has 0 amide bonds. The van der Waals surface area contributed by atoms with Crippen LogP contribution in [-0.2, 0) is 11.2 Å². The average Bonchev–Trinajstić information content (AvgIpc) is 2.66. The van der Waals surface area contributed by atoms with Crippen molar-refractivity contribution in [3.05, 3.63) is 40.4 Å². The van der Waals surface area contributed by atoms with E-state index in [1.54, 1.807) is 18.3 Å². The van der Waals surface area contributed by atoms with Gasteiger partial charge < -0.3 is 5.11 Å². The number of aromatic nitrogens is 1. The lowest BCUT2D eigenvalue weighted by Crippen LogP contribution is -1.97. The number of carbonyl (C=O) groups is 1. The minimum atomic E-state index is -0.841. The number of carboxylic acid groups (broad SMARTS) is 1. The van der Waals surface area contributed by atoms with Gasteiger partial charge in [0.2, 0.25) is 0 Å². The van der Waals surface area contributed by atoms with Crippen LogP contribution in [0.4, 0.5) is 0 Å². The van der Waals surface area contributed by atoms with E-state index in [9.17, 15) is 4.79 Å². The Bertz CT molecular complexity index is 507. The largest absolute Gasteiger partial charge is 0.481 e. The lowest BCUT2D eigenvalue weighted by Gasteiger charge is -1.95. The third-order valence-electron chi connectivity index (χ3n) is 1.97. The van der Waals surface area contributed by atoms with Crippen LogP contribution in [0.25, 0.3) is 10.6 Å². The van der Waals surface area contributed by atoms with Crippen LogP contribution in [0.3, 0.4) is 0 Å². The molecule has 5 heteroatoms. The fraction of sp³-hybridized carbons (Fsp3) is 0.0909. The summed E-state index contributed by atoms with van der Waals surface area (Å²) in [6.07, 6.45) is 1.62. The SMILES string of the molecule is O=C(O)Cc1cnc(-c2ccc(Cl)cc2)s1. The Balaban J connectivity index is 2.24. The Morgan fingerprint density at radius 2 is 2.06 bits per heavy atom. The van der Waals surface area contributed by atoms with Crippen molar-refractivity contribution < 1.29 is 9.90 Å². The van der Waals surface area contributed by atoms with Crippen LogP contribution in [0.2, 0.25) is 5.02 Å². The molecule has 0 saturated carbocycles. The number of nitrogens with zero attached hydrogens (tertiary/aromatic N) is 1. The smallest absolute Gasteiger partial charge is 0.308 e. The molecule has 0 saturated heterocycles. The van der Waals surface area contributed by atoms with E-state index < -0.39 is 5.97 Å². The van der Waals surface area contributed by atoms with Crippen LogP contribution in [0, 0.1) is 0 Å². The zero-order valence-electron chi connectivity index (χ0n) is 8.18. The standard InChI is InChI=1S/C11H8ClNO2S/c12-8-3-1-7(2-4-8)11-13-6-9(16-11)5-10(14)15/h1-4,6H,5H2,(H,14,15). The summed E-state index contributed by atoms with van der Waals surface area (Å²) in [6.45, 7) is 0. The minimum absolute atomic E-state index is 0.0191. The molecule has 0 aliphatic rings. The number of carboxylic acids is 1. The number of rotatable bonds is 3. The topological polar surface area (TPSA) is 50.2 Å². The highest BCUT2D eigenvalue weighted by molar-refractivity contribution is 7.15. The molecular weight excluding hydrogens is 246 g/mol. The van der Waals surface area contributed by atoms with Crippen molar-refractivity contribution >= 4 is 28.9 Å². The van der Waals surface area contributed by atoms with Gasteiger partial charge in [-0.15, -0.1) is 11.3 Å². The normalized spacial score (nSPS) is 10.3. The van der Waals surface area contributed by atoms with Crippen molar-refractivity contribution in [2.24, 2.45) is 0 Å². The van der Waals surface area contributed by atoms with Gasteiger partial charge in [0, 0.05) is 21.7 Å². The number of halogens is 1. The Morgan fingerprint density at radius 3 is 2.69 bits per heavy atom. The summed E-state index contributed by atoms with van der Waals surface area (Å²) in [6, 6.07) is 7.31. The van der Waals surface area contributed by atoms with Crippen LogP contribution in [0.5, 0.6) is 0 Å². The minimum Gasteiger partial charge on any atom is -0.481 e. The second-order valence-corrected chi connectivity index (χ2v) is 4.76. The average molecular weight is 254 g/mol. The molecule has 0 atom stereocenters. The molecule has 3 nitrogen and oxygen atoms in total. The van der Waals surface area contributed by atoms with Gasteiger partial charge in [-0.25, -0.2) is 4.98 Å². The van der Waals surface area contributed by atoms with Gasteiger partial charge in [-0.05, 0) is 12.1 Å². The third kappa shape index (κ3) is 2.59. The first-order chi connectivity index (χ1) is 7.65. The number of hydrogen-bond acceptors (Lipinski definition) is 3. The maximum Gasteiger partial charge on any atom is 0.308 e. The molecule has 0 fully saturated rings. The third-order valence-corrected chi connectivity index (χ3v) is 3.27. The second-order valence-electron chi connectivity index (χ2n) is 3.21. The van der Waals surface area contributed by atoms with Gasteiger partial charge in [-0.1, -0.05) is 23.7 Å². The molecule has 0 spiro atoms. The van der Waals surface area contributed by atoms with E-state index in [2.05, 4.69) is 4.98 Å². The van der Waals surface area contributed by atoms with Crippen LogP contribution < -0.4 is 0 Å². The number of hydrogen-bond donors (Lipinski definition) is 1. The summed E-state index contributed by atoms with van der Waals surface area (Å²) in [7, 11) is 0. The first-order valence-corrected chi connectivity index (χ1v) is 5.77. The summed E-state index contributed by atoms with van der Waals surface area (Å²) in [4.78, 5) is 15.4. The Labute approximate surface area is 101 Å². The van der Waals surface area contributed by atoms with Gasteiger partial charge in [-0.2, -0.15) is 0 Å². The lowest BCUT2D eigenvalue weighted by molar-refractivity contribution is -0.136. The summed E-state index contributed by atoms with van der Waals surface area (Å²) < 4.78 is 0. The molecule has 1 N–H and O–H groups in total. The van der Waals surface area contributed by atoms with E-state index in [1.807, 2.05) is 12.1 Å². The fourth-order valence-corrected chi connectivity index (χ4v) is 2.30. The first kappa shape index (κ1) is 11.1. The molecule has 16 heavy (non-hydrogen) atoms. The van der Waals surface area contributed by atoms with E-state index in [-0.39, 0.29) is 6.42 Å². The number of benzene rings is 1. The zero-order chi connectivity index (χ0) is 11.5. The summed E-state index contributed by atoms with van der Waals surface area (Å²) >= 11 is 7.16. The van der Waals surface area contributed by atoms with Crippen LogP contribution >= 0.6 is 22.9 Å². The van der Waals surface area contributed by atoms with Crippen LogP contribution in [0.15, 0.2) is 30.5 Å². The Hall–Kier alpha value is -1.39. The van der Waals surface area contributed by atoms with E-state index >= 15 is 0 Å². The van der Waals surface area contributed by atoms with Gasteiger partial charge in [0.1, 0.15) is 5.01 Å². The highest BCUT2D eigenvalue weighted by atomic mass is 35.5. The van der Waals surface area contributed by atoms with Gasteiger partial charge in [0.15, 0.2) is 0 Å². The molecule has 2 aromatic rings. The number of thiazole rings is 1. The molecule has 0 bridgehead atoms. The van der Waals surface area contributed by atoms with E-state index in [4.69, 9.17) is 16.7 Å². The van der Waals surface area contributed by atoms with E-state index in [0.29, 0.717) is 5.02 Å². The highest BCUT2D eigenvalue weighted by Crippen LogP contribution is 2.26. The lowest BCUT2D eigenvalue weighted by atomic mass is 10.2. The Morgan fingerprint density at radius 1 is 1.38 bits per heavy atom. The van der Waals surface area contributed by atoms with Crippen LogP contribution in [-0.4, -0.2) is 16.1 Å². The van der Waals surface area contributed by atoms with Gasteiger partial charge in [-0.3, -0.25) is 4.79 Å². The van der Waals surface area contributed by atoms with E-state index in [1.165, 1.54) is 11.3 Å². The maximum atomic E-state index is 10.5. The molecule has 0 aliphatic carbocycles. The van der Waals surface area contributed by atoms with Crippen molar-refractivity contribution in [3.8, 4) is 10.6 Å². The van der Waals surface area contributed by atoms with Crippen molar-refractivity contribution in [2.75, 3.05) is 0 Å². The van der Waals surface area contributed by atoms with Gasteiger partial charge in [0.05, 0.1) is 6.42 Å². The first-order valence-electron chi connectivity index (χ1n) is 4.57. The predicted octanol–water partition coefficient (Wildman–Crippen LogP) is 3.09. The quantitative estimate of drug-likeness (QED) is 0.915. The van der Waals surface area contributed by atoms with Gasteiger partial charge in [0.25, 0.3) is 0 Å². The second kappa shape index (κ2) is 4.63. The molecule has 1 heterocycles. The predicted molar refractivity (Wildman–Crippen MR) is 63.9 cm³/mol. The van der Waals surface area contributed by atoms with Crippen molar-refractivity contribution in [2.45, 2.75) is 6.42 Å². The highest BCUT2D eigenvalue weighted by Gasteiger charge is 2.07. The molecule has 0 unspecified atom stereocenters. The van der Waals surface area contributed by atoms with Crippen molar-refractivity contribution in [1.29, 1.82) is 0 Å². The molecule has 82 valence electrons. The molecule has 2 rings (SSSR count). The molecule has 0 aliphatic heterocycles. The summed E-state index contributed by atoms with van der Waals surface area (Å²) in [5.41, 5.74) is 0.950. The Kier molecular flexibility index (Phi) is 3.22. The van der Waals surface area contributed by atoms with E-state index in [0.717, 1.165) is 15.4 Å². The fourth-order valence-electron chi connectivity index (χ4n) is 1.26. The molecule has 1 aromatic carbocycles. The summed E-state index contributed by atoms with van der Waals surface area (Å²) in [5, 5.41) is 10.1. The molecular formula is C11H8ClNO2S. The van der Waals surface area contributed by atoms with Gasteiger partial charge >= 0.3 is 5.97 Å². The summed E-state index contributed by atoms with van der Waals surface area (Å²) in [5.74, 6) is -0.841. The molecule has 1 aromatic heterocycles. The van der Waals surface area contributed by atoms with Crippen molar-refractivity contribution in [3.63, 3.8) is 0 Å².